The second kappa shape index (κ2) is 6.44. The first-order valence-electron chi connectivity index (χ1n) is 8.29. The van der Waals surface area contributed by atoms with E-state index < -0.39 is 5.97 Å². The number of fused-ring (bicyclic) bond motifs is 3. The fraction of sp³-hybridized carbons (Fsp3) is 0.100. The van der Waals surface area contributed by atoms with Crippen molar-refractivity contribution in [1.82, 2.24) is 5.16 Å². The molecular formula is C20H13NO5S. The van der Waals surface area contributed by atoms with Gasteiger partial charge in [-0.05, 0) is 30.3 Å². The number of esters is 1. The standard InChI is InChI=1S/C20H13NO5S/c22-20(25-11-13-9-17(26-21-13)16-6-3-7-23-16)18-8-12-10-24-15-5-2-1-4-14(15)19(12)27-18/h1-9H,10-11H2. The Hall–Kier alpha value is -3.32. The SMILES string of the molecule is O=C(OCc1cc(-c2ccco2)on1)c1cc2c(s1)-c1ccccc1OC2. The second-order valence-electron chi connectivity index (χ2n) is 5.99. The number of rotatable bonds is 4. The van der Waals surface area contributed by atoms with Gasteiger partial charge in [0, 0.05) is 22.1 Å². The van der Waals surface area contributed by atoms with E-state index in [1.165, 1.54) is 11.3 Å². The van der Waals surface area contributed by atoms with Gasteiger partial charge in [-0.25, -0.2) is 4.79 Å². The topological polar surface area (TPSA) is 74.7 Å². The Morgan fingerprint density at radius 3 is 2.96 bits per heavy atom. The predicted molar refractivity (Wildman–Crippen MR) is 97.4 cm³/mol. The lowest BCUT2D eigenvalue weighted by molar-refractivity contribution is 0.0470. The summed E-state index contributed by atoms with van der Waals surface area (Å²) in [5, 5.41) is 3.90. The van der Waals surface area contributed by atoms with Crippen molar-refractivity contribution in [2.24, 2.45) is 0 Å². The molecule has 1 aliphatic heterocycles. The van der Waals surface area contributed by atoms with Gasteiger partial charge < -0.3 is 18.4 Å². The van der Waals surface area contributed by atoms with Gasteiger partial charge in [0.15, 0.2) is 5.76 Å². The molecule has 7 heteroatoms. The van der Waals surface area contributed by atoms with Gasteiger partial charge in [0.2, 0.25) is 5.76 Å². The first kappa shape index (κ1) is 15.9. The van der Waals surface area contributed by atoms with Crippen LogP contribution in [0, 0.1) is 0 Å². The van der Waals surface area contributed by atoms with Crippen molar-refractivity contribution in [3.05, 3.63) is 70.9 Å². The Balaban J connectivity index is 1.31. The highest BCUT2D eigenvalue weighted by Crippen LogP contribution is 2.42. The Labute approximate surface area is 157 Å². The molecule has 4 heterocycles. The summed E-state index contributed by atoms with van der Waals surface area (Å²) in [6.45, 7) is 0.477. The third-order valence-corrected chi connectivity index (χ3v) is 5.39. The van der Waals surface area contributed by atoms with Crippen molar-refractivity contribution in [2.75, 3.05) is 0 Å². The zero-order valence-electron chi connectivity index (χ0n) is 14.0. The molecule has 1 aliphatic rings. The van der Waals surface area contributed by atoms with Gasteiger partial charge in [-0.3, -0.25) is 0 Å². The first-order chi connectivity index (χ1) is 13.3. The first-order valence-corrected chi connectivity index (χ1v) is 9.11. The summed E-state index contributed by atoms with van der Waals surface area (Å²) in [7, 11) is 0. The van der Waals surface area contributed by atoms with Crippen LogP contribution in [0.25, 0.3) is 22.0 Å². The van der Waals surface area contributed by atoms with E-state index in [0.29, 0.717) is 28.7 Å². The number of aromatic nitrogens is 1. The number of benzene rings is 1. The molecule has 0 N–H and O–H groups in total. The largest absolute Gasteiger partial charge is 0.488 e. The number of nitrogens with zero attached hydrogens (tertiary/aromatic N) is 1. The summed E-state index contributed by atoms with van der Waals surface area (Å²) >= 11 is 1.41. The average molecular weight is 379 g/mol. The fourth-order valence-corrected chi connectivity index (χ4v) is 4.02. The monoisotopic (exact) mass is 379 g/mol. The Morgan fingerprint density at radius 1 is 1.15 bits per heavy atom. The zero-order chi connectivity index (χ0) is 18.2. The minimum Gasteiger partial charge on any atom is -0.488 e. The normalized spacial score (nSPS) is 12.1. The van der Waals surface area contributed by atoms with Crippen molar-refractivity contribution in [2.45, 2.75) is 13.2 Å². The summed E-state index contributed by atoms with van der Waals surface area (Å²) in [6, 6.07) is 14.9. The number of thiophene rings is 1. The third-order valence-electron chi connectivity index (χ3n) is 4.20. The van der Waals surface area contributed by atoms with E-state index in [0.717, 1.165) is 21.8 Å². The molecule has 27 heavy (non-hydrogen) atoms. The summed E-state index contributed by atoms with van der Waals surface area (Å²) in [4.78, 5) is 14.0. The number of furan rings is 1. The van der Waals surface area contributed by atoms with Crippen LogP contribution in [0.15, 0.2) is 63.7 Å². The smallest absolute Gasteiger partial charge is 0.348 e. The lowest BCUT2D eigenvalue weighted by Gasteiger charge is -2.16. The van der Waals surface area contributed by atoms with Crippen LogP contribution in [0.1, 0.15) is 20.9 Å². The molecule has 0 atom stereocenters. The molecule has 4 aromatic rings. The van der Waals surface area contributed by atoms with Crippen LogP contribution in [-0.4, -0.2) is 11.1 Å². The summed E-state index contributed by atoms with van der Waals surface area (Å²) in [6.07, 6.45) is 1.55. The van der Waals surface area contributed by atoms with Crippen molar-refractivity contribution < 1.29 is 23.2 Å². The lowest BCUT2D eigenvalue weighted by Crippen LogP contribution is -2.04. The zero-order valence-corrected chi connectivity index (χ0v) is 14.8. The number of para-hydroxylation sites is 1. The average Bonchev–Trinajstić information content (AvgIpc) is 3.45. The highest BCUT2D eigenvalue weighted by atomic mass is 32.1. The highest BCUT2D eigenvalue weighted by molar-refractivity contribution is 7.17. The van der Waals surface area contributed by atoms with E-state index in [4.69, 9.17) is 18.4 Å². The number of carbonyl (C=O) groups excluding carboxylic acids is 1. The van der Waals surface area contributed by atoms with Crippen LogP contribution in [0.3, 0.4) is 0 Å². The van der Waals surface area contributed by atoms with Gasteiger partial charge >= 0.3 is 5.97 Å². The second-order valence-corrected chi connectivity index (χ2v) is 7.04. The van der Waals surface area contributed by atoms with Crippen molar-refractivity contribution in [3.63, 3.8) is 0 Å². The maximum Gasteiger partial charge on any atom is 0.348 e. The van der Waals surface area contributed by atoms with Gasteiger partial charge in [-0.1, -0.05) is 17.3 Å². The van der Waals surface area contributed by atoms with Crippen LogP contribution >= 0.6 is 11.3 Å². The van der Waals surface area contributed by atoms with E-state index in [1.54, 1.807) is 24.5 Å². The van der Waals surface area contributed by atoms with Crippen LogP contribution in [0.4, 0.5) is 0 Å². The van der Waals surface area contributed by atoms with Crippen LogP contribution in [0.5, 0.6) is 5.75 Å². The summed E-state index contributed by atoms with van der Waals surface area (Å²) in [5.74, 6) is 1.50. The molecule has 0 saturated carbocycles. The lowest BCUT2D eigenvalue weighted by atomic mass is 10.1. The van der Waals surface area contributed by atoms with Gasteiger partial charge in [0.1, 0.15) is 29.5 Å². The minimum atomic E-state index is -0.394. The van der Waals surface area contributed by atoms with Gasteiger partial charge in [-0.15, -0.1) is 11.3 Å². The molecule has 0 bridgehead atoms. The molecule has 5 rings (SSSR count). The molecule has 0 unspecified atom stereocenters. The molecule has 0 radical (unpaired) electrons. The highest BCUT2D eigenvalue weighted by Gasteiger charge is 2.23. The van der Waals surface area contributed by atoms with Crippen molar-refractivity contribution >= 4 is 17.3 Å². The van der Waals surface area contributed by atoms with E-state index in [2.05, 4.69) is 5.16 Å². The van der Waals surface area contributed by atoms with Gasteiger partial charge in [0.25, 0.3) is 0 Å². The van der Waals surface area contributed by atoms with E-state index in [-0.39, 0.29) is 6.61 Å². The maximum atomic E-state index is 12.5. The minimum absolute atomic E-state index is 0.0265. The molecule has 1 aromatic carbocycles. The van der Waals surface area contributed by atoms with Crippen molar-refractivity contribution in [3.8, 4) is 27.7 Å². The summed E-state index contributed by atoms with van der Waals surface area (Å²) in [5.41, 5.74) is 2.51. The molecule has 0 amide bonds. The van der Waals surface area contributed by atoms with Crippen molar-refractivity contribution in [1.29, 1.82) is 0 Å². The maximum absolute atomic E-state index is 12.5. The molecule has 0 saturated heterocycles. The van der Waals surface area contributed by atoms with E-state index >= 15 is 0 Å². The number of carbonyl (C=O) groups is 1. The van der Waals surface area contributed by atoms with E-state index in [1.807, 2.05) is 30.3 Å². The third kappa shape index (κ3) is 2.92. The van der Waals surface area contributed by atoms with Gasteiger partial charge in [-0.2, -0.15) is 0 Å². The van der Waals surface area contributed by atoms with E-state index in [9.17, 15) is 4.79 Å². The molecular weight excluding hydrogens is 366 g/mol. The van der Waals surface area contributed by atoms with Crippen LogP contribution in [-0.2, 0) is 18.0 Å². The molecule has 0 aliphatic carbocycles. The predicted octanol–water partition coefficient (Wildman–Crippen LogP) is 4.91. The molecule has 0 fully saturated rings. The number of hydrogen-bond donors (Lipinski definition) is 0. The Morgan fingerprint density at radius 2 is 2.07 bits per heavy atom. The fourth-order valence-electron chi connectivity index (χ4n) is 2.93. The summed E-state index contributed by atoms with van der Waals surface area (Å²) < 4.78 is 21.6. The van der Waals surface area contributed by atoms with Crippen LogP contribution < -0.4 is 4.74 Å². The number of hydrogen-bond acceptors (Lipinski definition) is 7. The molecule has 134 valence electrons. The number of ether oxygens (including phenoxy) is 2. The van der Waals surface area contributed by atoms with Gasteiger partial charge in [0.05, 0.1) is 6.26 Å². The quantitative estimate of drug-likeness (QED) is 0.469. The molecule has 3 aromatic heterocycles. The Kier molecular flexibility index (Phi) is 3.79. The molecule has 6 nitrogen and oxygen atoms in total. The van der Waals surface area contributed by atoms with Crippen LogP contribution in [0.2, 0.25) is 0 Å². The molecule has 0 spiro atoms. The Bertz CT molecular complexity index is 1110.